The van der Waals surface area contributed by atoms with Gasteiger partial charge in [0.25, 0.3) is 0 Å². The van der Waals surface area contributed by atoms with Crippen molar-refractivity contribution < 1.29 is 14.6 Å². The Kier molecular flexibility index (Phi) is 4.53. The summed E-state index contributed by atoms with van der Waals surface area (Å²) < 4.78 is 5.66. The Hall–Kier alpha value is -0.160. The van der Waals surface area contributed by atoms with Gasteiger partial charge >= 0.3 is 0 Å². The lowest BCUT2D eigenvalue weighted by atomic mass is 9.49. The first-order valence-electron chi connectivity index (χ1n) is 11.5. The fraction of sp³-hybridized carbons (Fsp3) is 0.957. The zero-order valence-electron chi connectivity index (χ0n) is 17.2. The largest absolute Gasteiger partial charge is 0.393 e. The summed E-state index contributed by atoms with van der Waals surface area (Å²) in [6.45, 7) is 6.11. The minimum atomic E-state index is -0.0948. The molecule has 1 heterocycles. The number of fused-ring (bicyclic) bond motifs is 3. The van der Waals surface area contributed by atoms with Crippen molar-refractivity contribution >= 4 is 18.2 Å². The van der Waals surface area contributed by atoms with E-state index >= 15 is 0 Å². The summed E-state index contributed by atoms with van der Waals surface area (Å²) in [7, 11) is 0. The highest BCUT2D eigenvalue weighted by Crippen LogP contribution is 2.83. The monoisotopic (exact) mass is 409 g/mol. The van der Waals surface area contributed by atoms with Gasteiger partial charge in [-0.05, 0) is 80.0 Å². The molecular formula is C23H36ClNO3. The summed E-state index contributed by atoms with van der Waals surface area (Å²) in [4.78, 5) is 15.5. The zero-order valence-corrected chi connectivity index (χ0v) is 18.0. The van der Waals surface area contributed by atoms with Crippen LogP contribution in [0.4, 0.5) is 0 Å². The number of ketones is 1. The van der Waals surface area contributed by atoms with Gasteiger partial charge in [-0.1, -0.05) is 6.92 Å². The molecule has 6 aliphatic rings. The Balaban J connectivity index is 0.00000171. The summed E-state index contributed by atoms with van der Waals surface area (Å²) >= 11 is 0. The van der Waals surface area contributed by atoms with Gasteiger partial charge < -0.3 is 9.84 Å². The topological polar surface area (TPSA) is 49.8 Å². The second-order valence-electron chi connectivity index (χ2n) is 11.1. The molecule has 1 saturated heterocycles. The Morgan fingerprint density at radius 1 is 1.07 bits per heavy atom. The van der Waals surface area contributed by atoms with E-state index in [4.69, 9.17) is 4.74 Å². The van der Waals surface area contributed by atoms with Crippen molar-refractivity contribution in [3.8, 4) is 0 Å². The number of ether oxygens (including phenoxy) is 1. The lowest BCUT2D eigenvalue weighted by molar-refractivity contribution is -0.139. The molecule has 0 aromatic rings. The molecule has 1 aliphatic heterocycles. The summed E-state index contributed by atoms with van der Waals surface area (Å²) in [5.41, 5.74) is 0.807. The van der Waals surface area contributed by atoms with Gasteiger partial charge in [0, 0.05) is 31.0 Å². The molecule has 0 amide bonds. The van der Waals surface area contributed by atoms with Gasteiger partial charge in [-0.25, -0.2) is 0 Å². The summed E-state index contributed by atoms with van der Waals surface area (Å²) in [6.07, 6.45) is 10.1. The predicted octanol–water partition coefficient (Wildman–Crippen LogP) is 3.45. The predicted molar refractivity (Wildman–Crippen MR) is 109 cm³/mol. The fourth-order valence-corrected chi connectivity index (χ4v) is 9.29. The molecule has 0 bridgehead atoms. The maximum atomic E-state index is 12.7. The van der Waals surface area contributed by atoms with E-state index in [1.165, 1.54) is 25.7 Å². The van der Waals surface area contributed by atoms with Gasteiger partial charge in [0.1, 0.15) is 5.78 Å². The van der Waals surface area contributed by atoms with Crippen molar-refractivity contribution in [1.82, 2.24) is 4.90 Å². The van der Waals surface area contributed by atoms with E-state index in [-0.39, 0.29) is 23.9 Å². The molecule has 28 heavy (non-hydrogen) atoms. The third-order valence-corrected chi connectivity index (χ3v) is 10.5. The fourth-order valence-electron chi connectivity index (χ4n) is 9.29. The van der Waals surface area contributed by atoms with Gasteiger partial charge in [-0.2, -0.15) is 0 Å². The van der Waals surface area contributed by atoms with Crippen LogP contribution in [-0.2, 0) is 9.53 Å². The average Bonchev–Trinajstić information content (AvgIpc) is 3.27. The van der Waals surface area contributed by atoms with Crippen molar-refractivity contribution in [2.75, 3.05) is 26.3 Å². The molecule has 0 radical (unpaired) electrons. The van der Waals surface area contributed by atoms with Crippen LogP contribution in [0, 0.1) is 34.0 Å². The molecule has 0 aromatic carbocycles. The number of aliphatic hydroxyl groups is 1. The van der Waals surface area contributed by atoms with Crippen molar-refractivity contribution in [1.29, 1.82) is 0 Å². The van der Waals surface area contributed by atoms with Crippen molar-refractivity contribution in [2.45, 2.75) is 76.9 Å². The van der Waals surface area contributed by atoms with Crippen molar-refractivity contribution in [3.05, 3.63) is 0 Å². The third-order valence-electron chi connectivity index (χ3n) is 10.5. The number of nitrogens with zero attached hydrogens (tertiary/aromatic N) is 1. The molecule has 1 unspecified atom stereocenters. The lowest BCUT2D eigenvalue weighted by Crippen LogP contribution is -2.59. The number of Topliss-reactive ketones (excluding diaryl/α,β-unsaturated/α-hetero) is 1. The number of hydrogen-bond acceptors (Lipinski definition) is 4. The number of carbonyl (C=O) groups excluding carboxylic acids is 1. The van der Waals surface area contributed by atoms with Crippen LogP contribution in [-0.4, -0.2) is 54.2 Å². The van der Waals surface area contributed by atoms with Crippen molar-refractivity contribution in [3.63, 3.8) is 0 Å². The average molecular weight is 410 g/mol. The number of halogens is 1. The van der Waals surface area contributed by atoms with E-state index in [0.29, 0.717) is 28.6 Å². The van der Waals surface area contributed by atoms with Gasteiger partial charge in [0.05, 0.1) is 19.3 Å². The van der Waals surface area contributed by atoms with Crippen LogP contribution < -0.4 is 0 Å². The van der Waals surface area contributed by atoms with E-state index in [0.717, 1.165) is 70.2 Å². The maximum absolute atomic E-state index is 12.7. The number of aliphatic hydroxyl groups excluding tert-OH is 1. The van der Waals surface area contributed by atoms with Crippen LogP contribution >= 0.6 is 12.4 Å². The highest BCUT2D eigenvalue weighted by molar-refractivity contribution is 5.87. The number of hydrogen-bond donors (Lipinski definition) is 1. The van der Waals surface area contributed by atoms with Crippen LogP contribution in [0.25, 0.3) is 0 Å². The summed E-state index contributed by atoms with van der Waals surface area (Å²) in [5.74, 6) is 2.71. The highest BCUT2D eigenvalue weighted by atomic mass is 35.5. The minimum Gasteiger partial charge on any atom is -0.393 e. The van der Waals surface area contributed by atoms with Crippen LogP contribution in [0.2, 0.25) is 0 Å². The number of carbonyl (C=O) groups is 1. The van der Waals surface area contributed by atoms with E-state index in [9.17, 15) is 9.90 Å². The quantitative estimate of drug-likeness (QED) is 0.720. The van der Waals surface area contributed by atoms with Crippen LogP contribution in [0.1, 0.15) is 64.7 Å². The second kappa shape index (κ2) is 6.42. The second-order valence-corrected chi connectivity index (χ2v) is 11.1. The normalized spacial score (nSPS) is 55.4. The molecular weight excluding hydrogens is 374 g/mol. The maximum Gasteiger partial charge on any atom is 0.139 e. The number of rotatable bonds is 1. The Morgan fingerprint density at radius 2 is 1.86 bits per heavy atom. The highest BCUT2D eigenvalue weighted by Gasteiger charge is 2.79. The molecule has 6 fully saturated rings. The first kappa shape index (κ1) is 19.8. The van der Waals surface area contributed by atoms with Crippen LogP contribution in [0.15, 0.2) is 0 Å². The molecule has 4 nitrogen and oxygen atoms in total. The van der Waals surface area contributed by atoms with E-state index in [1.54, 1.807) is 0 Å². The molecule has 8 atom stereocenters. The standard InChI is InChI=1S/C23H35NO3.ClH/c1-21-6-5-18-16(17(21)2-3-20(21)26)12-19(24-8-10-27-11-9-24)23-13-15(25)4-7-22(18,23)14-23;/h15-19,25H,2-14H2,1H3;1H/t15-,16-,17-,18-,19?,21-,22-,23+;/m0./s1. The first-order chi connectivity index (χ1) is 13.0. The van der Waals surface area contributed by atoms with Crippen LogP contribution in [0.3, 0.4) is 0 Å². The zero-order chi connectivity index (χ0) is 18.4. The minimum absolute atomic E-state index is 0. The van der Waals surface area contributed by atoms with E-state index in [1.807, 2.05) is 0 Å². The molecule has 158 valence electrons. The molecule has 0 aromatic heterocycles. The van der Waals surface area contributed by atoms with E-state index < -0.39 is 0 Å². The Bertz CT molecular complexity index is 666. The van der Waals surface area contributed by atoms with Crippen LogP contribution in [0.5, 0.6) is 0 Å². The number of morpholine rings is 1. The molecule has 0 spiro atoms. The Labute approximate surface area is 175 Å². The molecule has 5 heteroatoms. The van der Waals surface area contributed by atoms with Gasteiger partial charge in [-0.3, -0.25) is 9.69 Å². The molecule has 1 N–H and O–H groups in total. The van der Waals surface area contributed by atoms with Gasteiger partial charge in [-0.15, -0.1) is 12.4 Å². The van der Waals surface area contributed by atoms with E-state index in [2.05, 4.69) is 11.8 Å². The first-order valence-corrected chi connectivity index (χ1v) is 11.5. The molecule has 5 aliphatic carbocycles. The third kappa shape index (κ3) is 2.32. The molecule has 5 saturated carbocycles. The van der Waals surface area contributed by atoms with Gasteiger partial charge in [0.15, 0.2) is 0 Å². The Morgan fingerprint density at radius 3 is 2.64 bits per heavy atom. The summed E-state index contributed by atoms with van der Waals surface area (Å²) in [6, 6.07) is 0.607. The smallest absolute Gasteiger partial charge is 0.139 e. The SMILES string of the molecule is C[C@]12CC[C@H]3[C@@H](CC(N4CCOCC4)[C@]45C[C@@H](O)CC[C@]34C5)[C@@H]1CCC2=O.Cl. The lowest BCUT2D eigenvalue weighted by Gasteiger charge is -2.58. The van der Waals surface area contributed by atoms with Crippen molar-refractivity contribution in [2.24, 2.45) is 34.0 Å². The van der Waals surface area contributed by atoms with Gasteiger partial charge in [0.2, 0.25) is 0 Å². The summed E-state index contributed by atoms with van der Waals surface area (Å²) in [5, 5.41) is 10.6. The molecule has 6 rings (SSSR count).